The highest BCUT2D eigenvalue weighted by Gasteiger charge is 2.18. The van der Waals surface area contributed by atoms with Gasteiger partial charge >= 0.3 is 0 Å². The number of aliphatic imine (C=N–C) groups is 1. The predicted molar refractivity (Wildman–Crippen MR) is 84.3 cm³/mol. The summed E-state index contributed by atoms with van der Waals surface area (Å²) in [5.74, 6) is 1.36. The lowest BCUT2D eigenvalue weighted by Crippen LogP contribution is -2.43. The van der Waals surface area contributed by atoms with Crippen molar-refractivity contribution in [2.24, 2.45) is 10.7 Å². The van der Waals surface area contributed by atoms with Gasteiger partial charge in [0.25, 0.3) is 0 Å². The smallest absolute Gasteiger partial charge is 0.225 e. The first kappa shape index (κ1) is 14.1. The van der Waals surface area contributed by atoms with Crippen molar-refractivity contribution in [1.29, 1.82) is 0 Å². The van der Waals surface area contributed by atoms with E-state index in [9.17, 15) is 0 Å². The molecule has 0 atom stereocenters. The first-order valence-electron chi connectivity index (χ1n) is 7.87. The minimum absolute atomic E-state index is 0.510. The molecule has 3 N–H and O–H groups in total. The molecular formula is C15H24N6. The number of aromatic nitrogens is 2. The van der Waals surface area contributed by atoms with Gasteiger partial charge in [0, 0.05) is 24.8 Å². The monoisotopic (exact) mass is 288 g/mol. The number of nitrogens with zero attached hydrogens (tertiary/aromatic N) is 4. The maximum atomic E-state index is 5.92. The number of aryl methyl sites for hydroxylation is 1. The summed E-state index contributed by atoms with van der Waals surface area (Å²) in [5.41, 5.74) is 7.84. The van der Waals surface area contributed by atoms with Crippen molar-refractivity contribution in [3.8, 4) is 0 Å². The van der Waals surface area contributed by atoms with Gasteiger partial charge in [-0.15, -0.1) is 0 Å². The summed E-state index contributed by atoms with van der Waals surface area (Å²) in [6.07, 6.45) is 6.13. The van der Waals surface area contributed by atoms with E-state index in [4.69, 9.17) is 5.73 Å². The van der Waals surface area contributed by atoms with Crippen LogP contribution in [0.25, 0.3) is 0 Å². The molecule has 1 aliphatic heterocycles. The summed E-state index contributed by atoms with van der Waals surface area (Å²) in [4.78, 5) is 15.8. The van der Waals surface area contributed by atoms with Crippen LogP contribution in [0.4, 0.5) is 5.95 Å². The molecule has 1 aromatic rings. The Hall–Kier alpha value is -1.85. The Balaban J connectivity index is 1.65. The maximum Gasteiger partial charge on any atom is 0.225 e. The van der Waals surface area contributed by atoms with Gasteiger partial charge in [-0.25, -0.2) is 15.0 Å². The standard InChI is InChI=1S/C15H24N6/c1-11-9-13(10-17-14(16)19-12-5-4-6-12)20-15(18-11)21-7-2-3-8-21/h9,12H,2-8,10H2,1H3,(H3,16,17,19). The Morgan fingerprint density at radius 3 is 2.76 bits per heavy atom. The van der Waals surface area contributed by atoms with E-state index >= 15 is 0 Å². The molecule has 6 heteroatoms. The van der Waals surface area contributed by atoms with Crippen molar-refractivity contribution in [1.82, 2.24) is 15.3 Å². The lowest BCUT2D eigenvalue weighted by molar-refractivity contribution is 0.382. The van der Waals surface area contributed by atoms with Crippen LogP contribution < -0.4 is 16.0 Å². The van der Waals surface area contributed by atoms with E-state index in [1.807, 2.05) is 13.0 Å². The molecule has 2 aliphatic rings. The van der Waals surface area contributed by atoms with Crippen LogP contribution in [0.5, 0.6) is 0 Å². The van der Waals surface area contributed by atoms with Gasteiger partial charge in [-0.1, -0.05) is 0 Å². The van der Waals surface area contributed by atoms with E-state index in [-0.39, 0.29) is 0 Å². The normalized spacial score (nSPS) is 19.7. The molecule has 114 valence electrons. The van der Waals surface area contributed by atoms with Gasteiger partial charge < -0.3 is 16.0 Å². The minimum atomic E-state index is 0.510. The second-order valence-corrected chi connectivity index (χ2v) is 5.97. The Bertz CT molecular complexity index is 517. The number of nitrogens with two attached hydrogens (primary N) is 1. The third kappa shape index (κ3) is 3.62. The lowest BCUT2D eigenvalue weighted by Gasteiger charge is -2.26. The molecule has 2 heterocycles. The maximum absolute atomic E-state index is 5.92. The third-order valence-corrected chi connectivity index (χ3v) is 4.15. The van der Waals surface area contributed by atoms with Gasteiger partial charge in [0.15, 0.2) is 5.96 Å². The number of nitrogens with one attached hydrogen (secondary N) is 1. The highest BCUT2D eigenvalue weighted by Crippen LogP contribution is 2.18. The topological polar surface area (TPSA) is 79.4 Å². The number of hydrogen-bond acceptors (Lipinski definition) is 4. The molecule has 0 aromatic carbocycles. The second kappa shape index (κ2) is 6.28. The summed E-state index contributed by atoms with van der Waals surface area (Å²) < 4.78 is 0. The number of rotatable bonds is 4. The van der Waals surface area contributed by atoms with E-state index < -0.39 is 0 Å². The fraction of sp³-hybridized carbons (Fsp3) is 0.667. The van der Waals surface area contributed by atoms with Crippen LogP contribution in [0, 0.1) is 6.92 Å². The van der Waals surface area contributed by atoms with Crippen molar-refractivity contribution >= 4 is 11.9 Å². The van der Waals surface area contributed by atoms with Gasteiger partial charge in [-0.2, -0.15) is 0 Å². The molecule has 1 aliphatic carbocycles. The second-order valence-electron chi connectivity index (χ2n) is 5.97. The fourth-order valence-electron chi connectivity index (χ4n) is 2.73. The first-order chi connectivity index (χ1) is 10.2. The van der Waals surface area contributed by atoms with E-state index in [1.54, 1.807) is 0 Å². The average Bonchev–Trinajstić information content (AvgIpc) is 2.94. The van der Waals surface area contributed by atoms with Crippen LogP contribution in [0.2, 0.25) is 0 Å². The van der Waals surface area contributed by atoms with E-state index in [0.717, 1.165) is 30.4 Å². The van der Waals surface area contributed by atoms with Crippen LogP contribution in [0.1, 0.15) is 43.5 Å². The molecule has 0 unspecified atom stereocenters. The average molecular weight is 288 g/mol. The SMILES string of the molecule is Cc1cc(CN=C(N)NC2CCC2)nc(N2CCCC2)n1. The number of anilines is 1. The van der Waals surface area contributed by atoms with Crippen molar-refractivity contribution in [3.05, 3.63) is 17.5 Å². The van der Waals surface area contributed by atoms with E-state index in [0.29, 0.717) is 18.5 Å². The van der Waals surface area contributed by atoms with Gasteiger partial charge in [-0.3, -0.25) is 0 Å². The molecule has 0 amide bonds. The van der Waals surface area contributed by atoms with Gasteiger partial charge in [0.05, 0.1) is 12.2 Å². The number of guanidine groups is 1. The highest BCUT2D eigenvalue weighted by atomic mass is 15.3. The molecule has 1 saturated heterocycles. The Labute approximate surface area is 125 Å². The van der Waals surface area contributed by atoms with E-state index in [2.05, 4.69) is 25.2 Å². The molecule has 6 nitrogen and oxygen atoms in total. The van der Waals surface area contributed by atoms with Crippen molar-refractivity contribution in [3.63, 3.8) is 0 Å². The first-order valence-corrected chi connectivity index (χ1v) is 7.87. The van der Waals surface area contributed by atoms with Crippen LogP contribution >= 0.6 is 0 Å². The highest BCUT2D eigenvalue weighted by molar-refractivity contribution is 5.78. The number of hydrogen-bond donors (Lipinski definition) is 2. The largest absolute Gasteiger partial charge is 0.370 e. The summed E-state index contributed by atoms with van der Waals surface area (Å²) in [6.45, 7) is 4.62. The molecule has 2 fully saturated rings. The molecule has 0 spiro atoms. The lowest BCUT2D eigenvalue weighted by atomic mass is 9.93. The Kier molecular flexibility index (Phi) is 4.22. The van der Waals surface area contributed by atoms with Crippen LogP contribution in [-0.4, -0.2) is 35.1 Å². The molecule has 1 saturated carbocycles. The van der Waals surface area contributed by atoms with Crippen molar-refractivity contribution < 1.29 is 0 Å². The van der Waals surface area contributed by atoms with Gasteiger partial charge in [0.2, 0.25) is 5.95 Å². The summed E-state index contributed by atoms with van der Waals surface area (Å²) in [7, 11) is 0. The minimum Gasteiger partial charge on any atom is -0.370 e. The zero-order valence-electron chi connectivity index (χ0n) is 12.7. The summed E-state index contributed by atoms with van der Waals surface area (Å²) in [5, 5.41) is 3.24. The van der Waals surface area contributed by atoms with Crippen LogP contribution in [-0.2, 0) is 6.54 Å². The van der Waals surface area contributed by atoms with Crippen LogP contribution in [0.15, 0.2) is 11.1 Å². The third-order valence-electron chi connectivity index (χ3n) is 4.15. The summed E-state index contributed by atoms with van der Waals surface area (Å²) in [6, 6.07) is 2.50. The van der Waals surface area contributed by atoms with Gasteiger partial charge in [0.1, 0.15) is 0 Å². The zero-order chi connectivity index (χ0) is 14.7. The van der Waals surface area contributed by atoms with Crippen molar-refractivity contribution in [2.45, 2.75) is 51.6 Å². The molecular weight excluding hydrogens is 264 g/mol. The Morgan fingerprint density at radius 1 is 1.33 bits per heavy atom. The van der Waals surface area contributed by atoms with Crippen LogP contribution in [0.3, 0.4) is 0 Å². The predicted octanol–water partition coefficient (Wildman–Crippen LogP) is 1.34. The molecule has 21 heavy (non-hydrogen) atoms. The fourth-order valence-corrected chi connectivity index (χ4v) is 2.73. The molecule has 0 radical (unpaired) electrons. The zero-order valence-corrected chi connectivity index (χ0v) is 12.7. The quantitative estimate of drug-likeness (QED) is 0.645. The molecule has 0 bridgehead atoms. The summed E-state index contributed by atoms with van der Waals surface area (Å²) >= 11 is 0. The van der Waals surface area contributed by atoms with Crippen molar-refractivity contribution in [2.75, 3.05) is 18.0 Å². The molecule has 3 rings (SSSR count). The molecule has 1 aromatic heterocycles. The Morgan fingerprint density at radius 2 is 2.10 bits per heavy atom. The van der Waals surface area contributed by atoms with E-state index in [1.165, 1.54) is 32.1 Å². The van der Waals surface area contributed by atoms with Gasteiger partial charge in [-0.05, 0) is 45.1 Å².